The molecule has 102 valence electrons. The van der Waals surface area contributed by atoms with Crippen molar-refractivity contribution in [3.8, 4) is 0 Å². The molecular formula is C14H29NO2. The van der Waals surface area contributed by atoms with Gasteiger partial charge in [-0.05, 0) is 51.6 Å². The van der Waals surface area contributed by atoms with E-state index in [0.717, 1.165) is 38.8 Å². The van der Waals surface area contributed by atoms with Crippen LogP contribution in [0.25, 0.3) is 0 Å². The van der Waals surface area contributed by atoms with Crippen molar-refractivity contribution in [3.05, 3.63) is 0 Å². The predicted molar refractivity (Wildman–Crippen MR) is 72.3 cm³/mol. The largest absolute Gasteiger partial charge is 0.480 e. The first-order valence-electron chi connectivity index (χ1n) is 6.86. The van der Waals surface area contributed by atoms with E-state index < -0.39 is 11.5 Å². The minimum Gasteiger partial charge on any atom is -0.480 e. The zero-order chi connectivity index (χ0) is 13.5. The van der Waals surface area contributed by atoms with Crippen LogP contribution in [0.2, 0.25) is 0 Å². The highest BCUT2D eigenvalue weighted by atomic mass is 16.4. The minimum absolute atomic E-state index is 0.554. The molecule has 0 aromatic rings. The molecule has 17 heavy (non-hydrogen) atoms. The van der Waals surface area contributed by atoms with Crippen LogP contribution in [0.5, 0.6) is 0 Å². The quantitative estimate of drug-likeness (QED) is 0.675. The molecule has 0 aliphatic carbocycles. The summed E-state index contributed by atoms with van der Waals surface area (Å²) in [7, 11) is 0. The summed E-state index contributed by atoms with van der Waals surface area (Å²) < 4.78 is 0. The SMILES string of the molecule is CCCN(CCC)C(C)(CCC(C)C)C(=O)O. The minimum atomic E-state index is -0.698. The second-order valence-electron chi connectivity index (χ2n) is 5.50. The van der Waals surface area contributed by atoms with Crippen LogP contribution in [0.3, 0.4) is 0 Å². The van der Waals surface area contributed by atoms with Crippen LogP contribution in [-0.4, -0.2) is 34.6 Å². The van der Waals surface area contributed by atoms with E-state index in [1.807, 2.05) is 6.92 Å². The van der Waals surface area contributed by atoms with E-state index in [1.165, 1.54) is 0 Å². The number of hydrogen-bond acceptors (Lipinski definition) is 2. The molecule has 0 rings (SSSR count). The Morgan fingerprint density at radius 1 is 1.24 bits per heavy atom. The lowest BCUT2D eigenvalue weighted by Crippen LogP contribution is -2.53. The fourth-order valence-electron chi connectivity index (χ4n) is 2.12. The van der Waals surface area contributed by atoms with E-state index in [2.05, 4.69) is 32.6 Å². The lowest BCUT2D eigenvalue weighted by atomic mass is 9.89. The second-order valence-corrected chi connectivity index (χ2v) is 5.50. The van der Waals surface area contributed by atoms with E-state index >= 15 is 0 Å². The van der Waals surface area contributed by atoms with Crippen molar-refractivity contribution in [3.63, 3.8) is 0 Å². The van der Waals surface area contributed by atoms with E-state index in [0.29, 0.717) is 5.92 Å². The van der Waals surface area contributed by atoms with Crippen LogP contribution < -0.4 is 0 Å². The standard InChI is InChI=1S/C14H29NO2/c1-6-10-15(11-7-2)14(5,13(16)17)9-8-12(3)4/h12H,6-11H2,1-5H3,(H,16,17). The number of carbonyl (C=O) groups is 1. The maximum absolute atomic E-state index is 11.6. The zero-order valence-electron chi connectivity index (χ0n) is 12.1. The highest BCUT2D eigenvalue weighted by molar-refractivity contribution is 5.78. The smallest absolute Gasteiger partial charge is 0.323 e. The summed E-state index contributed by atoms with van der Waals surface area (Å²) in [6.07, 6.45) is 3.71. The van der Waals surface area contributed by atoms with Gasteiger partial charge in [-0.1, -0.05) is 27.7 Å². The van der Waals surface area contributed by atoms with Gasteiger partial charge in [0.1, 0.15) is 5.54 Å². The van der Waals surface area contributed by atoms with Gasteiger partial charge in [-0.15, -0.1) is 0 Å². The van der Waals surface area contributed by atoms with Crippen molar-refractivity contribution in [1.82, 2.24) is 4.90 Å². The average molecular weight is 243 g/mol. The maximum Gasteiger partial charge on any atom is 0.323 e. The highest BCUT2D eigenvalue weighted by Crippen LogP contribution is 2.25. The molecule has 1 atom stereocenters. The lowest BCUT2D eigenvalue weighted by molar-refractivity contribution is -0.151. The fourth-order valence-corrected chi connectivity index (χ4v) is 2.12. The molecule has 1 unspecified atom stereocenters. The molecule has 0 amide bonds. The summed E-state index contributed by atoms with van der Waals surface area (Å²) in [5.74, 6) is -0.126. The van der Waals surface area contributed by atoms with Crippen molar-refractivity contribution >= 4 is 5.97 Å². The van der Waals surface area contributed by atoms with Gasteiger partial charge in [0.25, 0.3) is 0 Å². The van der Waals surface area contributed by atoms with Crippen molar-refractivity contribution < 1.29 is 9.90 Å². The van der Waals surface area contributed by atoms with Gasteiger partial charge in [-0.2, -0.15) is 0 Å². The molecule has 0 heterocycles. The van der Waals surface area contributed by atoms with E-state index in [-0.39, 0.29) is 0 Å². The van der Waals surface area contributed by atoms with Crippen LogP contribution in [-0.2, 0) is 4.79 Å². The molecule has 0 fully saturated rings. The van der Waals surface area contributed by atoms with Crippen LogP contribution in [0.4, 0.5) is 0 Å². The van der Waals surface area contributed by atoms with E-state index in [4.69, 9.17) is 0 Å². The topological polar surface area (TPSA) is 40.5 Å². The van der Waals surface area contributed by atoms with Crippen molar-refractivity contribution in [2.45, 2.75) is 65.8 Å². The first kappa shape index (κ1) is 16.4. The molecule has 0 saturated heterocycles. The van der Waals surface area contributed by atoms with Gasteiger partial charge in [-0.3, -0.25) is 9.69 Å². The van der Waals surface area contributed by atoms with Gasteiger partial charge in [0.05, 0.1) is 0 Å². The van der Waals surface area contributed by atoms with E-state index in [9.17, 15) is 9.90 Å². The van der Waals surface area contributed by atoms with Gasteiger partial charge in [0.2, 0.25) is 0 Å². The summed E-state index contributed by atoms with van der Waals surface area (Å²) in [5, 5.41) is 9.53. The van der Waals surface area contributed by atoms with Crippen LogP contribution in [0.15, 0.2) is 0 Å². The Kier molecular flexibility index (Phi) is 7.44. The lowest BCUT2D eigenvalue weighted by Gasteiger charge is -2.38. The Balaban J connectivity index is 4.79. The molecule has 3 nitrogen and oxygen atoms in total. The molecule has 1 N–H and O–H groups in total. The van der Waals surface area contributed by atoms with Crippen LogP contribution in [0, 0.1) is 5.92 Å². The molecule has 3 heteroatoms. The third-order valence-corrected chi connectivity index (χ3v) is 3.35. The Labute approximate surface area is 106 Å². The third-order valence-electron chi connectivity index (χ3n) is 3.35. The van der Waals surface area contributed by atoms with E-state index in [1.54, 1.807) is 0 Å². The van der Waals surface area contributed by atoms with Crippen molar-refractivity contribution in [2.24, 2.45) is 5.92 Å². The fraction of sp³-hybridized carbons (Fsp3) is 0.929. The molecule has 0 aromatic carbocycles. The summed E-state index contributed by atoms with van der Waals surface area (Å²) >= 11 is 0. The molecule has 0 aromatic heterocycles. The monoisotopic (exact) mass is 243 g/mol. The Morgan fingerprint density at radius 3 is 2.00 bits per heavy atom. The average Bonchev–Trinajstić information content (AvgIpc) is 2.25. The maximum atomic E-state index is 11.6. The summed E-state index contributed by atoms with van der Waals surface area (Å²) in [6, 6.07) is 0. The molecule has 0 radical (unpaired) electrons. The normalized spacial score (nSPS) is 15.2. The molecule has 0 saturated carbocycles. The van der Waals surface area contributed by atoms with Crippen LogP contribution in [0.1, 0.15) is 60.3 Å². The van der Waals surface area contributed by atoms with Crippen molar-refractivity contribution in [1.29, 1.82) is 0 Å². The number of aliphatic carboxylic acids is 1. The number of hydrogen-bond donors (Lipinski definition) is 1. The summed E-state index contributed by atoms with van der Waals surface area (Å²) in [6.45, 7) is 12.1. The number of carboxylic acid groups (broad SMARTS) is 1. The third kappa shape index (κ3) is 5.07. The molecule has 0 bridgehead atoms. The summed E-state index contributed by atoms with van der Waals surface area (Å²) in [4.78, 5) is 13.7. The number of carboxylic acids is 1. The van der Waals surface area contributed by atoms with Gasteiger partial charge < -0.3 is 5.11 Å². The van der Waals surface area contributed by atoms with Gasteiger partial charge in [-0.25, -0.2) is 0 Å². The number of rotatable bonds is 9. The molecule has 0 aliphatic rings. The Morgan fingerprint density at radius 2 is 1.71 bits per heavy atom. The highest BCUT2D eigenvalue weighted by Gasteiger charge is 2.38. The van der Waals surface area contributed by atoms with Gasteiger partial charge in [0, 0.05) is 0 Å². The first-order valence-corrected chi connectivity index (χ1v) is 6.86. The molecule has 0 aliphatic heterocycles. The van der Waals surface area contributed by atoms with Crippen molar-refractivity contribution in [2.75, 3.05) is 13.1 Å². The van der Waals surface area contributed by atoms with Gasteiger partial charge in [0.15, 0.2) is 0 Å². The zero-order valence-corrected chi connectivity index (χ0v) is 12.1. The summed E-state index contributed by atoms with van der Waals surface area (Å²) in [5.41, 5.74) is -0.698. The van der Waals surface area contributed by atoms with Crippen LogP contribution >= 0.6 is 0 Å². The molecular weight excluding hydrogens is 214 g/mol. The first-order chi connectivity index (χ1) is 7.88. The molecule has 0 spiro atoms. The Bertz CT molecular complexity index is 222. The second kappa shape index (κ2) is 7.70. The number of nitrogens with zero attached hydrogens (tertiary/aromatic N) is 1. The Hall–Kier alpha value is -0.570. The predicted octanol–water partition coefficient (Wildman–Crippen LogP) is 3.39. The van der Waals surface area contributed by atoms with Gasteiger partial charge >= 0.3 is 5.97 Å².